The summed E-state index contributed by atoms with van der Waals surface area (Å²) in [5, 5.41) is 11.2. The summed E-state index contributed by atoms with van der Waals surface area (Å²) in [5.74, 6) is 0. The second-order valence-corrected chi connectivity index (χ2v) is 7.94. The van der Waals surface area contributed by atoms with E-state index in [-0.39, 0.29) is 15.5 Å². The molecule has 9 heteroatoms. The summed E-state index contributed by atoms with van der Waals surface area (Å²) in [6.07, 6.45) is -4.83. The summed E-state index contributed by atoms with van der Waals surface area (Å²) in [4.78, 5) is 0. The average Bonchev–Trinajstić information content (AvgIpc) is 2.85. The Bertz CT molecular complexity index is 793. The fourth-order valence-electron chi connectivity index (χ4n) is 1.86. The van der Waals surface area contributed by atoms with E-state index in [1.54, 1.807) is 18.4 Å². The van der Waals surface area contributed by atoms with Crippen LogP contribution in [0, 0.1) is 6.92 Å². The number of aliphatic hydroxyl groups is 1. The lowest BCUT2D eigenvalue weighted by atomic mass is 9.95. The Morgan fingerprint density at radius 1 is 1.13 bits per heavy atom. The first-order chi connectivity index (χ1) is 10.4. The minimum Gasteiger partial charge on any atom is -0.376 e. The highest BCUT2D eigenvalue weighted by molar-refractivity contribution is 7.94. The largest absolute Gasteiger partial charge is 0.421 e. The van der Waals surface area contributed by atoms with Crippen molar-refractivity contribution in [3.63, 3.8) is 0 Å². The normalized spacial score (nSPS) is 15.2. The number of alkyl halides is 3. The van der Waals surface area contributed by atoms with E-state index < -0.39 is 21.8 Å². The Labute approximate surface area is 135 Å². The van der Waals surface area contributed by atoms with Crippen molar-refractivity contribution in [2.45, 2.75) is 29.8 Å². The number of aryl methyl sites for hydroxylation is 1. The standard InChI is InChI=1S/C14H14F3NO3S2/c1-9-7-8-22-12(9)23(20,21)18-11-5-3-10(4-6-11)13(2,19)14(15,16)17/h3-8,18-19H,1-2H3. The molecule has 2 aromatic rings. The van der Waals surface area contributed by atoms with Gasteiger partial charge >= 0.3 is 6.18 Å². The molecule has 1 atom stereocenters. The molecule has 0 saturated heterocycles. The number of hydrogen-bond donors (Lipinski definition) is 2. The molecule has 2 rings (SSSR count). The van der Waals surface area contributed by atoms with Gasteiger partial charge in [-0.25, -0.2) is 8.42 Å². The van der Waals surface area contributed by atoms with E-state index in [2.05, 4.69) is 4.72 Å². The third-order valence-electron chi connectivity index (χ3n) is 3.31. The maximum Gasteiger partial charge on any atom is 0.421 e. The zero-order chi connectivity index (χ0) is 17.5. The molecule has 0 aliphatic rings. The predicted octanol–water partition coefficient (Wildman–Crippen LogP) is 3.63. The van der Waals surface area contributed by atoms with E-state index in [1.807, 2.05) is 0 Å². The average molecular weight is 365 g/mol. The van der Waals surface area contributed by atoms with Crippen LogP contribution in [0.15, 0.2) is 39.9 Å². The molecule has 126 valence electrons. The van der Waals surface area contributed by atoms with Crippen molar-refractivity contribution in [3.05, 3.63) is 46.8 Å². The zero-order valence-corrected chi connectivity index (χ0v) is 13.8. The van der Waals surface area contributed by atoms with Gasteiger partial charge in [-0.05, 0) is 48.6 Å². The molecule has 1 heterocycles. The predicted molar refractivity (Wildman–Crippen MR) is 81.9 cm³/mol. The Kier molecular flexibility index (Phi) is 4.49. The number of anilines is 1. The SMILES string of the molecule is Cc1ccsc1S(=O)(=O)Nc1ccc(C(C)(O)C(F)(F)F)cc1. The van der Waals surface area contributed by atoms with Gasteiger partial charge in [0.2, 0.25) is 0 Å². The quantitative estimate of drug-likeness (QED) is 0.870. The highest BCUT2D eigenvalue weighted by Gasteiger charge is 2.51. The number of nitrogens with one attached hydrogen (secondary N) is 1. The van der Waals surface area contributed by atoms with Crippen LogP contribution in [0.25, 0.3) is 0 Å². The highest BCUT2D eigenvalue weighted by atomic mass is 32.2. The Hall–Kier alpha value is -1.58. The van der Waals surface area contributed by atoms with Crippen molar-refractivity contribution in [1.82, 2.24) is 0 Å². The van der Waals surface area contributed by atoms with E-state index in [0.717, 1.165) is 23.5 Å². The highest BCUT2D eigenvalue weighted by Crippen LogP contribution is 2.38. The maximum absolute atomic E-state index is 12.8. The van der Waals surface area contributed by atoms with Crippen molar-refractivity contribution in [3.8, 4) is 0 Å². The van der Waals surface area contributed by atoms with E-state index in [1.165, 1.54) is 12.1 Å². The molecule has 0 radical (unpaired) electrons. The molecule has 4 nitrogen and oxygen atoms in total. The van der Waals surface area contributed by atoms with Gasteiger partial charge in [-0.15, -0.1) is 11.3 Å². The van der Waals surface area contributed by atoms with Crippen LogP contribution in [0.1, 0.15) is 18.1 Å². The van der Waals surface area contributed by atoms with Crippen molar-refractivity contribution >= 4 is 27.0 Å². The minimum atomic E-state index is -4.83. The molecular weight excluding hydrogens is 351 g/mol. The van der Waals surface area contributed by atoms with E-state index >= 15 is 0 Å². The van der Waals surface area contributed by atoms with Gasteiger partial charge in [0.25, 0.3) is 10.0 Å². The van der Waals surface area contributed by atoms with Gasteiger partial charge in [0.05, 0.1) is 0 Å². The second-order valence-electron chi connectivity index (χ2n) is 5.14. The van der Waals surface area contributed by atoms with Gasteiger partial charge in [-0.2, -0.15) is 13.2 Å². The number of thiophene rings is 1. The van der Waals surface area contributed by atoms with Crippen LogP contribution >= 0.6 is 11.3 Å². The van der Waals surface area contributed by atoms with Crippen LogP contribution in [0.4, 0.5) is 18.9 Å². The van der Waals surface area contributed by atoms with Crippen molar-refractivity contribution < 1.29 is 26.7 Å². The molecule has 0 aliphatic heterocycles. The number of rotatable bonds is 4. The van der Waals surface area contributed by atoms with Crippen molar-refractivity contribution in [2.75, 3.05) is 4.72 Å². The summed E-state index contributed by atoms with van der Waals surface area (Å²) in [5.41, 5.74) is -2.69. The molecule has 0 fully saturated rings. The monoisotopic (exact) mass is 365 g/mol. The molecule has 1 aromatic heterocycles. The number of benzene rings is 1. The van der Waals surface area contributed by atoms with Crippen LogP contribution in [0.2, 0.25) is 0 Å². The maximum atomic E-state index is 12.8. The first kappa shape index (κ1) is 17.8. The van der Waals surface area contributed by atoms with E-state index in [9.17, 15) is 26.7 Å². The summed E-state index contributed by atoms with van der Waals surface area (Å²) in [6.45, 7) is 2.29. The first-order valence-electron chi connectivity index (χ1n) is 6.42. The lowest BCUT2D eigenvalue weighted by Crippen LogP contribution is -2.39. The number of hydrogen-bond acceptors (Lipinski definition) is 4. The van der Waals surface area contributed by atoms with Gasteiger partial charge < -0.3 is 5.11 Å². The van der Waals surface area contributed by atoms with Gasteiger partial charge in [-0.3, -0.25) is 4.72 Å². The number of halogens is 3. The third kappa shape index (κ3) is 3.51. The van der Waals surface area contributed by atoms with Gasteiger partial charge in [-0.1, -0.05) is 12.1 Å². The molecular formula is C14H14F3NO3S2. The summed E-state index contributed by atoms with van der Waals surface area (Å²) in [7, 11) is -3.79. The molecule has 0 aliphatic carbocycles. The lowest BCUT2D eigenvalue weighted by Gasteiger charge is -2.26. The van der Waals surface area contributed by atoms with Crippen molar-refractivity contribution in [1.29, 1.82) is 0 Å². The van der Waals surface area contributed by atoms with Crippen LogP contribution in [0.3, 0.4) is 0 Å². The lowest BCUT2D eigenvalue weighted by molar-refractivity contribution is -0.258. The topological polar surface area (TPSA) is 66.4 Å². The molecule has 0 amide bonds. The third-order valence-corrected chi connectivity index (χ3v) is 6.38. The smallest absolute Gasteiger partial charge is 0.376 e. The molecule has 0 bridgehead atoms. The van der Waals surface area contributed by atoms with Gasteiger partial charge in [0, 0.05) is 5.69 Å². The second kappa shape index (κ2) is 5.81. The summed E-state index contributed by atoms with van der Waals surface area (Å²) in [6, 6.07) is 6.08. The summed E-state index contributed by atoms with van der Waals surface area (Å²) < 4.78 is 65.1. The van der Waals surface area contributed by atoms with Gasteiger partial charge in [0.15, 0.2) is 5.60 Å². The molecule has 23 heavy (non-hydrogen) atoms. The Balaban J connectivity index is 2.26. The zero-order valence-electron chi connectivity index (χ0n) is 12.2. The van der Waals surface area contributed by atoms with Crippen LogP contribution < -0.4 is 4.72 Å². The molecule has 1 unspecified atom stereocenters. The van der Waals surface area contributed by atoms with Gasteiger partial charge in [0.1, 0.15) is 4.21 Å². The van der Waals surface area contributed by atoms with Crippen LogP contribution in [-0.2, 0) is 15.6 Å². The first-order valence-corrected chi connectivity index (χ1v) is 8.78. The fraction of sp³-hybridized carbons (Fsp3) is 0.286. The molecule has 1 aromatic carbocycles. The van der Waals surface area contributed by atoms with E-state index in [4.69, 9.17) is 0 Å². The minimum absolute atomic E-state index is 0.111. The Morgan fingerprint density at radius 2 is 1.70 bits per heavy atom. The van der Waals surface area contributed by atoms with Crippen molar-refractivity contribution in [2.24, 2.45) is 0 Å². The summed E-state index contributed by atoms with van der Waals surface area (Å²) >= 11 is 1.05. The van der Waals surface area contributed by atoms with E-state index in [0.29, 0.717) is 12.5 Å². The molecule has 0 saturated carbocycles. The fourth-order valence-corrected chi connectivity index (χ4v) is 4.34. The van der Waals surface area contributed by atoms with Crippen LogP contribution in [0.5, 0.6) is 0 Å². The Morgan fingerprint density at radius 3 is 2.13 bits per heavy atom. The molecule has 0 spiro atoms. The number of sulfonamides is 1. The molecule has 2 N–H and O–H groups in total. The van der Waals surface area contributed by atoms with Crippen LogP contribution in [-0.4, -0.2) is 19.7 Å².